The van der Waals surface area contributed by atoms with E-state index < -0.39 is 0 Å². The average Bonchev–Trinajstić information content (AvgIpc) is 3.18. The molecular weight excluding hydrogens is 402 g/mol. The van der Waals surface area contributed by atoms with Crippen LogP contribution in [-0.2, 0) is 6.54 Å². The number of carbonyl (C=O) groups is 1. The molecule has 0 radical (unpaired) electrons. The summed E-state index contributed by atoms with van der Waals surface area (Å²) >= 11 is 1.46. The molecule has 4 rings (SSSR count). The molecule has 4 heterocycles. The van der Waals surface area contributed by atoms with E-state index in [0.717, 1.165) is 29.2 Å². The summed E-state index contributed by atoms with van der Waals surface area (Å²) in [5.74, 6) is 0. The minimum atomic E-state index is -0.126. The Hall–Kier alpha value is -3.11. The van der Waals surface area contributed by atoms with Gasteiger partial charge in [-0.25, -0.2) is 14.5 Å². The van der Waals surface area contributed by atoms with Gasteiger partial charge in [0.1, 0.15) is 0 Å². The van der Waals surface area contributed by atoms with E-state index in [0.29, 0.717) is 31.3 Å². The van der Waals surface area contributed by atoms with Crippen LogP contribution >= 0.6 is 11.3 Å². The van der Waals surface area contributed by atoms with Crippen molar-refractivity contribution in [3.05, 3.63) is 58.1 Å². The summed E-state index contributed by atoms with van der Waals surface area (Å²) in [6.07, 6.45) is 5.18. The zero-order valence-corrected chi connectivity index (χ0v) is 17.5. The zero-order valence-electron chi connectivity index (χ0n) is 16.7. The molecule has 30 heavy (non-hydrogen) atoms. The van der Waals surface area contributed by atoms with Gasteiger partial charge >= 0.3 is 6.03 Å². The van der Waals surface area contributed by atoms with Crippen LogP contribution in [0.15, 0.2) is 47.7 Å². The molecule has 0 aromatic carbocycles. The second kappa shape index (κ2) is 9.14. The SMILES string of the molecule is Cc1cnc(NC(=O)N2CCN(CCn3nc(-c4cccnc4)ccc3=O)CC2)s1. The predicted molar refractivity (Wildman–Crippen MR) is 116 cm³/mol. The Bertz CT molecular complexity index is 1060. The lowest BCUT2D eigenvalue weighted by molar-refractivity contribution is 0.143. The predicted octanol–water partition coefficient (Wildman–Crippen LogP) is 1.92. The molecule has 3 aromatic heterocycles. The van der Waals surface area contributed by atoms with Crippen molar-refractivity contribution in [1.29, 1.82) is 0 Å². The van der Waals surface area contributed by atoms with Crippen LogP contribution in [0.3, 0.4) is 0 Å². The van der Waals surface area contributed by atoms with E-state index in [1.807, 2.05) is 19.1 Å². The third-order valence-corrected chi connectivity index (χ3v) is 5.77. The number of rotatable bonds is 5. The molecule has 156 valence electrons. The van der Waals surface area contributed by atoms with Gasteiger partial charge in [0, 0.05) is 67.8 Å². The number of thiazole rings is 1. The smallest absolute Gasteiger partial charge is 0.322 e. The fourth-order valence-corrected chi connectivity index (χ4v) is 3.93. The quantitative estimate of drug-likeness (QED) is 0.671. The van der Waals surface area contributed by atoms with E-state index in [-0.39, 0.29) is 11.6 Å². The van der Waals surface area contributed by atoms with Crippen molar-refractivity contribution < 1.29 is 4.79 Å². The highest BCUT2D eigenvalue weighted by atomic mass is 32.1. The third-order valence-electron chi connectivity index (χ3n) is 4.95. The molecule has 1 aliphatic rings. The van der Waals surface area contributed by atoms with Gasteiger partial charge in [-0.15, -0.1) is 11.3 Å². The number of piperazine rings is 1. The van der Waals surface area contributed by atoms with Crippen LogP contribution in [-0.4, -0.2) is 68.3 Å². The van der Waals surface area contributed by atoms with Crippen molar-refractivity contribution in [2.45, 2.75) is 13.5 Å². The summed E-state index contributed by atoms with van der Waals surface area (Å²) < 4.78 is 1.49. The second-order valence-electron chi connectivity index (χ2n) is 7.06. The number of anilines is 1. The van der Waals surface area contributed by atoms with E-state index in [4.69, 9.17) is 0 Å². The van der Waals surface area contributed by atoms with Crippen LogP contribution in [0.25, 0.3) is 11.3 Å². The van der Waals surface area contributed by atoms with Gasteiger partial charge in [-0.3, -0.25) is 20.0 Å². The maximum atomic E-state index is 12.4. The van der Waals surface area contributed by atoms with Gasteiger partial charge in [0.05, 0.1) is 12.2 Å². The van der Waals surface area contributed by atoms with Crippen molar-refractivity contribution in [2.24, 2.45) is 0 Å². The number of nitrogens with zero attached hydrogens (tertiary/aromatic N) is 6. The minimum Gasteiger partial charge on any atom is -0.322 e. The normalized spacial score (nSPS) is 14.6. The summed E-state index contributed by atoms with van der Waals surface area (Å²) in [5.41, 5.74) is 1.47. The Balaban J connectivity index is 1.29. The van der Waals surface area contributed by atoms with Crippen LogP contribution in [0.5, 0.6) is 0 Å². The van der Waals surface area contributed by atoms with Crippen LogP contribution in [0, 0.1) is 6.92 Å². The molecule has 0 spiro atoms. The number of carbonyl (C=O) groups excluding carboxylic acids is 1. The molecule has 0 unspecified atom stereocenters. The number of aromatic nitrogens is 4. The molecule has 2 amide bonds. The van der Waals surface area contributed by atoms with Crippen molar-refractivity contribution in [2.75, 3.05) is 38.0 Å². The summed E-state index contributed by atoms with van der Waals surface area (Å²) in [5, 5.41) is 7.95. The minimum absolute atomic E-state index is 0.119. The molecule has 9 nitrogen and oxygen atoms in total. The van der Waals surface area contributed by atoms with E-state index in [9.17, 15) is 9.59 Å². The Morgan fingerprint density at radius 3 is 2.67 bits per heavy atom. The summed E-state index contributed by atoms with van der Waals surface area (Å²) in [7, 11) is 0. The number of pyridine rings is 1. The maximum absolute atomic E-state index is 12.4. The van der Waals surface area contributed by atoms with E-state index in [1.165, 1.54) is 22.1 Å². The molecule has 1 N–H and O–H groups in total. The first-order valence-electron chi connectivity index (χ1n) is 9.78. The number of hydrogen-bond acceptors (Lipinski definition) is 7. The largest absolute Gasteiger partial charge is 0.323 e. The number of amides is 2. The molecular formula is C20H23N7O2S. The molecule has 1 saturated heterocycles. The van der Waals surface area contributed by atoms with E-state index in [1.54, 1.807) is 29.6 Å². The van der Waals surface area contributed by atoms with Crippen LogP contribution in [0.1, 0.15) is 4.88 Å². The summed E-state index contributed by atoms with van der Waals surface area (Å²) in [4.78, 5) is 37.9. The first-order valence-corrected chi connectivity index (χ1v) is 10.6. The van der Waals surface area contributed by atoms with Gasteiger partial charge in [-0.05, 0) is 25.1 Å². The second-order valence-corrected chi connectivity index (χ2v) is 8.29. The summed E-state index contributed by atoms with van der Waals surface area (Å²) in [6, 6.07) is 6.90. The zero-order chi connectivity index (χ0) is 20.9. The van der Waals surface area contributed by atoms with Gasteiger partial charge in [0.15, 0.2) is 5.13 Å². The lowest BCUT2D eigenvalue weighted by atomic mass is 10.2. The highest BCUT2D eigenvalue weighted by Gasteiger charge is 2.21. The van der Waals surface area contributed by atoms with Gasteiger partial charge in [0.2, 0.25) is 0 Å². The maximum Gasteiger partial charge on any atom is 0.323 e. The highest BCUT2D eigenvalue weighted by molar-refractivity contribution is 7.15. The molecule has 0 bridgehead atoms. The monoisotopic (exact) mass is 425 g/mol. The molecule has 1 aliphatic heterocycles. The Kier molecular flexibility index (Phi) is 6.15. The van der Waals surface area contributed by atoms with Crippen molar-refractivity contribution in [3.8, 4) is 11.3 Å². The summed E-state index contributed by atoms with van der Waals surface area (Å²) in [6.45, 7) is 5.92. The molecule has 0 aliphatic carbocycles. The number of aryl methyl sites for hydroxylation is 1. The van der Waals surface area contributed by atoms with Gasteiger partial charge in [-0.2, -0.15) is 5.10 Å². The number of hydrogen-bond donors (Lipinski definition) is 1. The van der Waals surface area contributed by atoms with E-state index >= 15 is 0 Å². The Labute approximate surface area is 178 Å². The molecule has 0 atom stereocenters. The van der Waals surface area contributed by atoms with Crippen molar-refractivity contribution >= 4 is 22.5 Å². The average molecular weight is 426 g/mol. The first kappa shape index (κ1) is 20.2. The van der Waals surface area contributed by atoms with E-state index in [2.05, 4.69) is 25.3 Å². The molecule has 0 saturated carbocycles. The standard InChI is InChI=1S/C20H23N7O2S/c1-15-13-22-19(30-15)23-20(29)26-10-7-25(8-11-26)9-12-27-18(28)5-4-17(24-27)16-3-2-6-21-14-16/h2-6,13-14H,7-12H2,1H3,(H,22,23,29). The van der Waals surface area contributed by atoms with Gasteiger partial charge < -0.3 is 4.90 Å². The fraction of sp³-hybridized carbons (Fsp3) is 0.350. The lowest BCUT2D eigenvalue weighted by Crippen LogP contribution is -2.50. The molecule has 10 heteroatoms. The number of nitrogens with one attached hydrogen (secondary N) is 1. The van der Waals surface area contributed by atoms with Gasteiger partial charge in [0.25, 0.3) is 5.56 Å². The number of urea groups is 1. The molecule has 1 fully saturated rings. The van der Waals surface area contributed by atoms with Crippen molar-refractivity contribution in [1.82, 2.24) is 29.5 Å². The first-order chi connectivity index (χ1) is 14.6. The molecule has 3 aromatic rings. The highest BCUT2D eigenvalue weighted by Crippen LogP contribution is 2.17. The third kappa shape index (κ3) is 4.89. The van der Waals surface area contributed by atoms with Crippen LogP contribution in [0.2, 0.25) is 0 Å². The van der Waals surface area contributed by atoms with Gasteiger partial charge in [-0.1, -0.05) is 0 Å². The fourth-order valence-electron chi connectivity index (χ4n) is 3.27. The van der Waals surface area contributed by atoms with Crippen LogP contribution in [0.4, 0.5) is 9.93 Å². The van der Waals surface area contributed by atoms with Crippen LogP contribution < -0.4 is 10.9 Å². The van der Waals surface area contributed by atoms with Crippen molar-refractivity contribution in [3.63, 3.8) is 0 Å². The Morgan fingerprint density at radius 2 is 1.97 bits per heavy atom. The topological polar surface area (TPSA) is 96.2 Å². The Morgan fingerprint density at radius 1 is 1.13 bits per heavy atom. The lowest BCUT2D eigenvalue weighted by Gasteiger charge is -2.34.